The van der Waals surface area contributed by atoms with Crippen LogP contribution in [-0.2, 0) is 4.74 Å². The highest BCUT2D eigenvalue weighted by Crippen LogP contribution is 2.05. The molecule has 0 bridgehead atoms. The molecule has 0 N–H and O–H groups in total. The zero-order chi connectivity index (χ0) is 8.81. The lowest BCUT2D eigenvalue weighted by atomic mass is 10.2. The summed E-state index contributed by atoms with van der Waals surface area (Å²) in [5.41, 5.74) is 0. The predicted molar refractivity (Wildman–Crippen MR) is 49.1 cm³/mol. The summed E-state index contributed by atoms with van der Waals surface area (Å²) < 4.78 is 5.50. The fourth-order valence-corrected chi connectivity index (χ4v) is 1.46. The van der Waals surface area contributed by atoms with E-state index in [1.165, 1.54) is 0 Å². The Balaban J connectivity index is 2.18. The van der Waals surface area contributed by atoms with E-state index in [0.717, 1.165) is 32.6 Å². The zero-order valence-corrected chi connectivity index (χ0v) is 8.12. The van der Waals surface area contributed by atoms with Gasteiger partial charge in [-0.15, -0.1) is 0 Å². The molecule has 1 atom stereocenters. The standard InChI is InChI=1S/C9H19N2O/c1-3-11(4-2)7-9-5-6-10-8-12-9/h9H,3-8H2,1-2H3. The van der Waals surface area contributed by atoms with E-state index in [1.54, 1.807) is 0 Å². The average molecular weight is 171 g/mol. The van der Waals surface area contributed by atoms with E-state index in [-0.39, 0.29) is 0 Å². The van der Waals surface area contributed by atoms with Gasteiger partial charge in [0.25, 0.3) is 0 Å². The Hall–Kier alpha value is -0.120. The highest BCUT2D eigenvalue weighted by molar-refractivity contribution is 4.68. The number of likely N-dealkylation sites (N-methyl/N-ethyl adjacent to an activating group) is 1. The van der Waals surface area contributed by atoms with Crippen LogP contribution in [0.5, 0.6) is 0 Å². The summed E-state index contributed by atoms with van der Waals surface area (Å²) in [4.78, 5) is 2.40. The van der Waals surface area contributed by atoms with Crippen molar-refractivity contribution in [1.29, 1.82) is 0 Å². The van der Waals surface area contributed by atoms with E-state index >= 15 is 0 Å². The number of rotatable bonds is 4. The van der Waals surface area contributed by atoms with Crippen molar-refractivity contribution in [3.63, 3.8) is 0 Å². The Morgan fingerprint density at radius 2 is 2.17 bits per heavy atom. The first-order valence-electron chi connectivity index (χ1n) is 4.84. The molecule has 1 fully saturated rings. The van der Waals surface area contributed by atoms with Crippen LogP contribution in [0.4, 0.5) is 0 Å². The minimum absolute atomic E-state index is 0.419. The quantitative estimate of drug-likeness (QED) is 0.622. The highest BCUT2D eigenvalue weighted by Gasteiger charge is 2.15. The second-order valence-electron chi connectivity index (χ2n) is 3.14. The van der Waals surface area contributed by atoms with Crippen LogP contribution in [0.1, 0.15) is 20.3 Å². The molecule has 0 saturated carbocycles. The zero-order valence-electron chi connectivity index (χ0n) is 8.12. The molecule has 3 heteroatoms. The lowest BCUT2D eigenvalue weighted by Gasteiger charge is -2.27. The van der Waals surface area contributed by atoms with Gasteiger partial charge in [0.1, 0.15) is 6.73 Å². The Morgan fingerprint density at radius 1 is 1.42 bits per heavy atom. The maximum absolute atomic E-state index is 5.50. The molecule has 0 aromatic carbocycles. The molecule has 12 heavy (non-hydrogen) atoms. The Kier molecular flexibility index (Phi) is 4.58. The van der Waals surface area contributed by atoms with Gasteiger partial charge in [-0.2, -0.15) is 0 Å². The SMILES string of the molecule is CCN(CC)CC1CC[N]CO1. The Labute approximate surface area is 75.1 Å². The van der Waals surface area contributed by atoms with Gasteiger partial charge in [0.15, 0.2) is 0 Å². The molecular weight excluding hydrogens is 152 g/mol. The monoisotopic (exact) mass is 171 g/mol. The largest absolute Gasteiger partial charge is 0.360 e. The minimum atomic E-state index is 0.419. The first-order valence-corrected chi connectivity index (χ1v) is 4.84. The van der Waals surface area contributed by atoms with Gasteiger partial charge in [-0.3, -0.25) is 0 Å². The lowest BCUT2D eigenvalue weighted by Crippen LogP contribution is -2.39. The van der Waals surface area contributed by atoms with Gasteiger partial charge in [-0.25, -0.2) is 5.32 Å². The fourth-order valence-electron chi connectivity index (χ4n) is 1.46. The summed E-state index contributed by atoms with van der Waals surface area (Å²) in [5, 5.41) is 4.15. The van der Waals surface area contributed by atoms with E-state index in [9.17, 15) is 0 Å². The normalized spacial score (nSPS) is 24.8. The number of nitrogens with zero attached hydrogens (tertiary/aromatic N) is 2. The van der Waals surface area contributed by atoms with Crippen molar-refractivity contribution in [3.05, 3.63) is 0 Å². The van der Waals surface area contributed by atoms with Crippen molar-refractivity contribution >= 4 is 0 Å². The molecule has 3 nitrogen and oxygen atoms in total. The van der Waals surface area contributed by atoms with E-state index < -0.39 is 0 Å². The Bertz CT molecular complexity index is 109. The molecule has 1 rings (SSSR count). The molecule has 1 aliphatic heterocycles. The molecule has 1 radical (unpaired) electrons. The summed E-state index contributed by atoms with van der Waals surface area (Å²) in [5.74, 6) is 0. The predicted octanol–water partition coefficient (Wildman–Crippen LogP) is 0.679. The van der Waals surface area contributed by atoms with E-state index in [2.05, 4.69) is 24.1 Å². The van der Waals surface area contributed by atoms with Crippen molar-refractivity contribution in [2.45, 2.75) is 26.4 Å². The fraction of sp³-hybridized carbons (Fsp3) is 1.00. The molecule has 0 aliphatic carbocycles. The van der Waals surface area contributed by atoms with Crippen LogP contribution >= 0.6 is 0 Å². The second kappa shape index (κ2) is 5.51. The summed E-state index contributed by atoms with van der Waals surface area (Å²) in [6.07, 6.45) is 1.51. The van der Waals surface area contributed by atoms with Crippen molar-refractivity contribution in [1.82, 2.24) is 10.2 Å². The molecule has 71 valence electrons. The average Bonchev–Trinajstić information content (AvgIpc) is 2.16. The van der Waals surface area contributed by atoms with Gasteiger partial charge in [-0.05, 0) is 19.5 Å². The first-order chi connectivity index (χ1) is 5.86. The number of ether oxygens (including phenoxy) is 1. The first kappa shape index (κ1) is 9.96. The Morgan fingerprint density at radius 3 is 2.67 bits per heavy atom. The van der Waals surface area contributed by atoms with Gasteiger partial charge in [0, 0.05) is 13.1 Å². The number of hydrogen-bond acceptors (Lipinski definition) is 2. The molecule has 0 spiro atoms. The van der Waals surface area contributed by atoms with Crippen molar-refractivity contribution in [2.75, 3.05) is 32.9 Å². The smallest absolute Gasteiger partial charge is 0.112 e. The third kappa shape index (κ3) is 3.09. The molecule has 0 aromatic heterocycles. The lowest BCUT2D eigenvalue weighted by molar-refractivity contribution is -0.0133. The van der Waals surface area contributed by atoms with Gasteiger partial charge < -0.3 is 9.64 Å². The maximum atomic E-state index is 5.50. The molecular formula is C9H19N2O. The van der Waals surface area contributed by atoms with Crippen LogP contribution in [0, 0.1) is 0 Å². The van der Waals surface area contributed by atoms with Gasteiger partial charge in [-0.1, -0.05) is 13.8 Å². The second-order valence-corrected chi connectivity index (χ2v) is 3.14. The van der Waals surface area contributed by atoms with Crippen molar-refractivity contribution in [2.24, 2.45) is 0 Å². The summed E-state index contributed by atoms with van der Waals surface area (Å²) >= 11 is 0. The van der Waals surface area contributed by atoms with Crippen LogP contribution in [0.25, 0.3) is 0 Å². The van der Waals surface area contributed by atoms with E-state index in [0.29, 0.717) is 12.8 Å². The summed E-state index contributed by atoms with van der Waals surface area (Å²) in [6.45, 7) is 9.27. The van der Waals surface area contributed by atoms with Gasteiger partial charge in [0.05, 0.1) is 6.10 Å². The van der Waals surface area contributed by atoms with Crippen LogP contribution in [0.2, 0.25) is 0 Å². The summed E-state index contributed by atoms with van der Waals surface area (Å²) in [7, 11) is 0. The molecule has 0 amide bonds. The third-order valence-corrected chi connectivity index (χ3v) is 2.37. The maximum Gasteiger partial charge on any atom is 0.112 e. The van der Waals surface area contributed by atoms with Crippen molar-refractivity contribution in [3.8, 4) is 0 Å². The molecule has 0 aromatic rings. The third-order valence-electron chi connectivity index (χ3n) is 2.37. The molecule has 1 saturated heterocycles. The van der Waals surface area contributed by atoms with E-state index in [4.69, 9.17) is 4.74 Å². The topological polar surface area (TPSA) is 26.6 Å². The van der Waals surface area contributed by atoms with E-state index in [1.807, 2.05) is 0 Å². The molecule has 1 heterocycles. The molecule has 1 unspecified atom stereocenters. The van der Waals surface area contributed by atoms with Crippen molar-refractivity contribution < 1.29 is 4.74 Å². The van der Waals surface area contributed by atoms with Crippen LogP contribution < -0.4 is 5.32 Å². The highest BCUT2D eigenvalue weighted by atomic mass is 16.5. The van der Waals surface area contributed by atoms with Crippen LogP contribution in [-0.4, -0.2) is 43.9 Å². The minimum Gasteiger partial charge on any atom is -0.360 e. The van der Waals surface area contributed by atoms with Crippen LogP contribution in [0.3, 0.4) is 0 Å². The molecule has 1 aliphatic rings. The van der Waals surface area contributed by atoms with Crippen LogP contribution in [0.15, 0.2) is 0 Å². The number of hydrogen-bond donors (Lipinski definition) is 0. The summed E-state index contributed by atoms with van der Waals surface area (Å²) in [6, 6.07) is 0. The van der Waals surface area contributed by atoms with Gasteiger partial charge >= 0.3 is 0 Å². The van der Waals surface area contributed by atoms with Gasteiger partial charge in [0.2, 0.25) is 0 Å².